The van der Waals surface area contributed by atoms with Crippen molar-refractivity contribution in [2.24, 2.45) is 0 Å². The summed E-state index contributed by atoms with van der Waals surface area (Å²) in [5.74, 6) is 0.729. The fourth-order valence-electron chi connectivity index (χ4n) is 3.20. The first-order valence-corrected chi connectivity index (χ1v) is 7.31. The summed E-state index contributed by atoms with van der Waals surface area (Å²) in [7, 11) is 0. The van der Waals surface area contributed by atoms with Crippen LogP contribution >= 0.6 is 0 Å². The number of carbonyl (C=O) groups excluding carboxylic acids is 1. The molecule has 0 radical (unpaired) electrons. The van der Waals surface area contributed by atoms with Crippen molar-refractivity contribution in [1.29, 1.82) is 0 Å². The van der Waals surface area contributed by atoms with Gasteiger partial charge in [0, 0.05) is 18.2 Å². The van der Waals surface area contributed by atoms with E-state index >= 15 is 0 Å². The summed E-state index contributed by atoms with van der Waals surface area (Å²) in [5, 5.41) is 16.3. The second kappa shape index (κ2) is 5.83. The fraction of sp³-hybridized carbons (Fsp3) is 0.562. The number of hydrogen-bond acceptors (Lipinski definition) is 3. The molecule has 0 spiro atoms. The molecule has 0 bridgehead atoms. The second-order valence-electron chi connectivity index (χ2n) is 5.70. The lowest BCUT2D eigenvalue weighted by Crippen LogP contribution is -2.43. The normalized spacial score (nSPS) is 22.4. The summed E-state index contributed by atoms with van der Waals surface area (Å²) in [6.07, 6.45) is 0.914. The highest BCUT2D eigenvalue weighted by Crippen LogP contribution is 2.45. The number of aromatic hydroxyl groups is 1. The van der Waals surface area contributed by atoms with Crippen molar-refractivity contribution in [1.82, 2.24) is 10.6 Å². The third-order valence-corrected chi connectivity index (χ3v) is 4.11. The minimum Gasteiger partial charge on any atom is -0.508 e. The lowest BCUT2D eigenvalue weighted by molar-refractivity contribution is -0.122. The third kappa shape index (κ3) is 2.66. The van der Waals surface area contributed by atoms with E-state index in [0.29, 0.717) is 18.2 Å². The van der Waals surface area contributed by atoms with E-state index in [1.54, 1.807) is 6.07 Å². The van der Waals surface area contributed by atoms with Crippen molar-refractivity contribution in [3.05, 3.63) is 28.8 Å². The average Bonchev–Trinajstić information content (AvgIpc) is 2.72. The minimum absolute atomic E-state index is 0.000691. The van der Waals surface area contributed by atoms with Gasteiger partial charge in [-0.3, -0.25) is 10.1 Å². The molecule has 1 aromatic carbocycles. The van der Waals surface area contributed by atoms with Crippen LogP contribution in [0.2, 0.25) is 0 Å². The van der Waals surface area contributed by atoms with Crippen molar-refractivity contribution in [2.45, 2.75) is 52.1 Å². The number of phenols is 1. The third-order valence-electron chi connectivity index (χ3n) is 4.11. The molecule has 3 N–H and O–H groups in total. The summed E-state index contributed by atoms with van der Waals surface area (Å²) in [6.45, 7) is 8.65. The zero-order valence-electron chi connectivity index (χ0n) is 12.7. The topological polar surface area (TPSA) is 61.4 Å². The molecule has 0 aliphatic heterocycles. The van der Waals surface area contributed by atoms with Crippen molar-refractivity contribution < 1.29 is 9.90 Å². The highest BCUT2D eigenvalue weighted by atomic mass is 16.3. The molecule has 110 valence electrons. The predicted octanol–water partition coefficient (Wildman–Crippen LogP) is 2.36. The molecule has 0 fully saturated rings. The Bertz CT molecular complexity index is 513. The van der Waals surface area contributed by atoms with E-state index in [1.165, 1.54) is 11.1 Å². The maximum atomic E-state index is 11.8. The standard InChI is InChI=1S/C16H24N2O2/c1-5-17-16(20)11(4)18-12-8-10(3)14-9(2)6-7-13(19)15(12)14/h6-7,10-12,18-19H,5,8H2,1-4H3,(H,17,20). The van der Waals surface area contributed by atoms with Gasteiger partial charge in [0.2, 0.25) is 5.91 Å². The molecule has 1 aliphatic carbocycles. The van der Waals surface area contributed by atoms with Gasteiger partial charge in [0.25, 0.3) is 0 Å². The summed E-state index contributed by atoms with van der Waals surface area (Å²) in [6, 6.07) is 3.48. The Balaban J connectivity index is 2.22. The van der Waals surface area contributed by atoms with E-state index < -0.39 is 0 Å². The van der Waals surface area contributed by atoms with Crippen LogP contribution in [0.15, 0.2) is 12.1 Å². The van der Waals surface area contributed by atoms with Crippen LogP contribution in [0.25, 0.3) is 0 Å². The molecule has 0 saturated carbocycles. The van der Waals surface area contributed by atoms with Gasteiger partial charge in [0.1, 0.15) is 5.75 Å². The Hall–Kier alpha value is -1.55. The Kier molecular flexibility index (Phi) is 4.33. The van der Waals surface area contributed by atoms with Crippen LogP contribution in [0.5, 0.6) is 5.75 Å². The summed E-state index contributed by atoms with van der Waals surface area (Å²) in [4.78, 5) is 11.8. The lowest BCUT2D eigenvalue weighted by Gasteiger charge is -2.20. The zero-order valence-corrected chi connectivity index (χ0v) is 12.7. The Morgan fingerprint density at radius 3 is 2.80 bits per heavy atom. The fourth-order valence-corrected chi connectivity index (χ4v) is 3.20. The number of phenolic OH excluding ortho intramolecular Hbond substituents is 1. The molecule has 4 nitrogen and oxygen atoms in total. The maximum absolute atomic E-state index is 11.8. The first-order chi connectivity index (χ1) is 9.45. The number of amides is 1. The molecule has 0 aromatic heterocycles. The van der Waals surface area contributed by atoms with Gasteiger partial charge in [0.15, 0.2) is 0 Å². The minimum atomic E-state index is -0.266. The second-order valence-corrected chi connectivity index (χ2v) is 5.70. The smallest absolute Gasteiger partial charge is 0.236 e. The Morgan fingerprint density at radius 2 is 2.15 bits per heavy atom. The SMILES string of the molecule is CCNC(=O)C(C)NC1CC(C)c2c(C)ccc(O)c21. The maximum Gasteiger partial charge on any atom is 0.236 e. The number of likely N-dealkylation sites (N-methyl/N-ethyl adjacent to an activating group) is 1. The van der Waals surface area contributed by atoms with E-state index in [0.717, 1.165) is 12.0 Å². The van der Waals surface area contributed by atoms with Crippen molar-refractivity contribution in [2.75, 3.05) is 6.54 Å². The van der Waals surface area contributed by atoms with Gasteiger partial charge in [-0.15, -0.1) is 0 Å². The molecule has 1 amide bonds. The van der Waals surface area contributed by atoms with Gasteiger partial charge in [-0.1, -0.05) is 13.0 Å². The zero-order chi connectivity index (χ0) is 14.9. The van der Waals surface area contributed by atoms with Gasteiger partial charge in [-0.2, -0.15) is 0 Å². The summed E-state index contributed by atoms with van der Waals surface area (Å²) >= 11 is 0. The molecule has 1 aliphatic rings. The monoisotopic (exact) mass is 276 g/mol. The van der Waals surface area contributed by atoms with Crippen molar-refractivity contribution in [3.63, 3.8) is 0 Å². The van der Waals surface area contributed by atoms with Crippen LogP contribution in [0, 0.1) is 6.92 Å². The summed E-state index contributed by atoms with van der Waals surface area (Å²) < 4.78 is 0. The van der Waals surface area contributed by atoms with E-state index in [-0.39, 0.29) is 18.0 Å². The quantitative estimate of drug-likeness (QED) is 0.791. The highest BCUT2D eigenvalue weighted by Gasteiger charge is 2.33. The van der Waals surface area contributed by atoms with Crippen LogP contribution in [-0.4, -0.2) is 23.6 Å². The number of carbonyl (C=O) groups is 1. The van der Waals surface area contributed by atoms with E-state index in [9.17, 15) is 9.90 Å². The van der Waals surface area contributed by atoms with Crippen LogP contribution in [0.1, 0.15) is 55.8 Å². The lowest BCUT2D eigenvalue weighted by atomic mass is 9.97. The van der Waals surface area contributed by atoms with Crippen molar-refractivity contribution >= 4 is 5.91 Å². The van der Waals surface area contributed by atoms with Crippen LogP contribution in [0.3, 0.4) is 0 Å². The van der Waals surface area contributed by atoms with Crippen molar-refractivity contribution in [3.8, 4) is 5.75 Å². The Morgan fingerprint density at radius 1 is 1.45 bits per heavy atom. The molecule has 1 aromatic rings. The number of benzene rings is 1. The molecule has 0 heterocycles. The average molecular weight is 276 g/mol. The summed E-state index contributed by atoms with van der Waals surface area (Å²) in [5.41, 5.74) is 3.40. The largest absolute Gasteiger partial charge is 0.508 e. The molecular weight excluding hydrogens is 252 g/mol. The number of fused-ring (bicyclic) bond motifs is 1. The van der Waals surface area contributed by atoms with Gasteiger partial charge in [-0.05, 0) is 50.3 Å². The van der Waals surface area contributed by atoms with Gasteiger partial charge >= 0.3 is 0 Å². The molecule has 2 rings (SSSR count). The van der Waals surface area contributed by atoms with Crippen LogP contribution in [-0.2, 0) is 4.79 Å². The van der Waals surface area contributed by atoms with Crippen LogP contribution < -0.4 is 10.6 Å². The van der Waals surface area contributed by atoms with Gasteiger partial charge < -0.3 is 10.4 Å². The number of rotatable bonds is 4. The molecule has 0 saturated heterocycles. The predicted molar refractivity (Wildman–Crippen MR) is 79.9 cm³/mol. The molecular formula is C16H24N2O2. The van der Waals surface area contributed by atoms with Gasteiger partial charge in [-0.25, -0.2) is 0 Å². The molecule has 4 heteroatoms. The Labute approximate surface area is 120 Å². The van der Waals surface area contributed by atoms with E-state index in [4.69, 9.17) is 0 Å². The molecule has 20 heavy (non-hydrogen) atoms. The number of aryl methyl sites for hydroxylation is 1. The molecule has 3 atom stereocenters. The van der Waals surface area contributed by atoms with E-state index in [2.05, 4.69) is 24.5 Å². The molecule has 3 unspecified atom stereocenters. The number of nitrogens with one attached hydrogen (secondary N) is 2. The van der Waals surface area contributed by atoms with Crippen LogP contribution in [0.4, 0.5) is 0 Å². The number of hydrogen-bond donors (Lipinski definition) is 3. The van der Waals surface area contributed by atoms with Gasteiger partial charge in [0.05, 0.1) is 6.04 Å². The highest BCUT2D eigenvalue weighted by molar-refractivity contribution is 5.81. The first-order valence-electron chi connectivity index (χ1n) is 7.31. The van der Waals surface area contributed by atoms with E-state index in [1.807, 2.05) is 19.9 Å². The first kappa shape index (κ1) is 14.9.